The Labute approximate surface area is 207 Å². The number of carbonyl (C=O) groups excluding carboxylic acids is 1. The van der Waals surface area contributed by atoms with Gasteiger partial charge in [0.1, 0.15) is 7.11 Å². The van der Waals surface area contributed by atoms with Gasteiger partial charge in [-0.15, -0.1) is 0 Å². The zero-order valence-corrected chi connectivity index (χ0v) is 20.7. The molecule has 4 aromatic rings. The fourth-order valence-corrected chi connectivity index (χ4v) is 5.48. The number of nitrogens with zero attached hydrogens (tertiary/aromatic N) is 5. The smallest absolute Gasteiger partial charge is 0.413 e. The number of aromatic nitrogens is 4. The SMILES string of the molecule is CO/N=C/c1ccc(-n2nc(-c3cccnc3)c3c2-c2sc(NC(=O)OC)nc2CC3)c(Br)c1. The van der Waals surface area contributed by atoms with E-state index < -0.39 is 6.09 Å². The Morgan fingerprint density at radius 2 is 2.18 bits per heavy atom. The van der Waals surface area contributed by atoms with Crippen molar-refractivity contribution in [3.63, 3.8) is 0 Å². The minimum absolute atomic E-state index is 0.491. The summed E-state index contributed by atoms with van der Waals surface area (Å²) < 4.78 is 7.51. The molecule has 0 unspecified atom stereocenters. The molecule has 0 fully saturated rings. The van der Waals surface area contributed by atoms with Crippen LogP contribution in [0, 0.1) is 0 Å². The van der Waals surface area contributed by atoms with Gasteiger partial charge in [-0.25, -0.2) is 14.5 Å². The topological polar surface area (TPSA) is 104 Å². The van der Waals surface area contributed by atoms with Crippen LogP contribution in [0.5, 0.6) is 0 Å². The number of oxime groups is 1. The summed E-state index contributed by atoms with van der Waals surface area (Å²) in [5, 5.41) is 12.0. The molecule has 5 rings (SSSR count). The predicted octanol–water partition coefficient (Wildman–Crippen LogP) is 5.08. The lowest BCUT2D eigenvalue weighted by atomic mass is 9.95. The highest BCUT2D eigenvalue weighted by Crippen LogP contribution is 2.44. The lowest BCUT2D eigenvalue weighted by Crippen LogP contribution is -2.10. The van der Waals surface area contributed by atoms with Crippen LogP contribution in [-0.2, 0) is 22.4 Å². The predicted molar refractivity (Wildman–Crippen MR) is 134 cm³/mol. The van der Waals surface area contributed by atoms with Crippen LogP contribution in [-0.4, -0.2) is 46.3 Å². The first-order valence-corrected chi connectivity index (χ1v) is 11.9. The lowest BCUT2D eigenvalue weighted by Gasteiger charge is -2.15. The van der Waals surface area contributed by atoms with Gasteiger partial charge in [-0.3, -0.25) is 10.3 Å². The van der Waals surface area contributed by atoms with Gasteiger partial charge in [0.2, 0.25) is 0 Å². The summed E-state index contributed by atoms with van der Waals surface area (Å²) in [6.07, 6.45) is 6.17. The molecule has 0 spiro atoms. The first kappa shape index (κ1) is 22.2. The molecule has 1 amide bonds. The van der Waals surface area contributed by atoms with Gasteiger partial charge < -0.3 is 9.57 Å². The molecule has 3 aromatic heterocycles. The zero-order valence-electron chi connectivity index (χ0n) is 18.3. The Kier molecular flexibility index (Phi) is 6.12. The summed E-state index contributed by atoms with van der Waals surface area (Å²) in [6.45, 7) is 0. The van der Waals surface area contributed by atoms with Gasteiger partial charge in [0, 0.05) is 28.0 Å². The third-order valence-corrected chi connectivity index (χ3v) is 7.00. The van der Waals surface area contributed by atoms with Crippen LogP contribution in [0.4, 0.5) is 9.93 Å². The monoisotopic (exact) mass is 538 g/mol. The second-order valence-corrected chi connectivity index (χ2v) is 9.22. The molecule has 0 bridgehead atoms. The van der Waals surface area contributed by atoms with Gasteiger partial charge in [-0.05, 0) is 58.6 Å². The molecule has 1 N–H and O–H groups in total. The molecule has 0 atom stereocenters. The summed E-state index contributed by atoms with van der Waals surface area (Å²) >= 11 is 5.10. The van der Waals surface area contributed by atoms with Crippen molar-refractivity contribution in [2.24, 2.45) is 5.16 Å². The molecule has 0 aliphatic heterocycles. The molecule has 1 aliphatic carbocycles. The second-order valence-electron chi connectivity index (χ2n) is 7.37. The van der Waals surface area contributed by atoms with Crippen LogP contribution < -0.4 is 5.32 Å². The third kappa shape index (κ3) is 4.08. The molecular formula is C23H19BrN6O3S. The maximum absolute atomic E-state index is 11.8. The van der Waals surface area contributed by atoms with Crippen LogP contribution in [0.1, 0.15) is 16.8 Å². The minimum Gasteiger partial charge on any atom is -0.453 e. The second kappa shape index (κ2) is 9.35. The van der Waals surface area contributed by atoms with Crippen molar-refractivity contribution in [3.8, 4) is 27.5 Å². The van der Waals surface area contributed by atoms with E-state index in [0.717, 1.165) is 61.7 Å². The largest absolute Gasteiger partial charge is 0.453 e. The van der Waals surface area contributed by atoms with Gasteiger partial charge >= 0.3 is 6.09 Å². The molecule has 0 saturated heterocycles. The number of anilines is 1. The molecule has 0 saturated carbocycles. The van der Waals surface area contributed by atoms with Crippen molar-refractivity contribution in [2.45, 2.75) is 12.8 Å². The Balaban J connectivity index is 1.69. The van der Waals surface area contributed by atoms with Gasteiger partial charge in [0.05, 0.1) is 41.0 Å². The first-order valence-electron chi connectivity index (χ1n) is 10.3. The number of halogens is 1. The summed E-state index contributed by atoms with van der Waals surface area (Å²) in [5.41, 5.74) is 6.56. The molecule has 11 heteroatoms. The number of hydrogen-bond acceptors (Lipinski definition) is 8. The molecule has 9 nitrogen and oxygen atoms in total. The Hall–Kier alpha value is -3.57. The first-order chi connectivity index (χ1) is 16.6. The van der Waals surface area contributed by atoms with Crippen LogP contribution in [0.25, 0.3) is 27.5 Å². The number of nitrogens with one attached hydrogen (secondary N) is 1. The number of amides is 1. The number of pyridine rings is 1. The van der Waals surface area contributed by atoms with Crippen LogP contribution in [0.2, 0.25) is 0 Å². The number of fused-ring (bicyclic) bond motifs is 3. The number of aryl methyl sites for hydroxylation is 1. The Morgan fingerprint density at radius 3 is 2.91 bits per heavy atom. The normalized spacial score (nSPS) is 12.3. The summed E-state index contributed by atoms with van der Waals surface area (Å²) in [4.78, 5) is 26.4. The lowest BCUT2D eigenvalue weighted by molar-refractivity contribution is 0.187. The van der Waals surface area contributed by atoms with E-state index in [9.17, 15) is 4.79 Å². The minimum atomic E-state index is -0.549. The maximum Gasteiger partial charge on any atom is 0.413 e. The van der Waals surface area contributed by atoms with Crippen molar-refractivity contribution in [1.29, 1.82) is 0 Å². The standard InChI is InChI=1S/C23H19BrN6O3S/c1-32-23(31)28-22-27-17-7-6-15-19(14-4-3-9-25-12-14)29-30(20(15)21(17)34-22)18-8-5-13(10-16(18)24)11-26-33-2/h3-5,8-12H,6-7H2,1-2H3,(H,27,28,31)/b26-11+. The van der Waals surface area contributed by atoms with Crippen LogP contribution in [0.15, 0.2) is 52.4 Å². The number of methoxy groups -OCH3 is 1. The molecule has 3 heterocycles. The van der Waals surface area contributed by atoms with E-state index in [1.165, 1.54) is 25.6 Å². The van der Waals surface area contributed by atoms with E-state index in [0.29, 0.717) is 5.13 Å². The third-order valence-electron chi connectivity index (χ3n) is 5.34. The quantitative estimate of drug-likeness (QED) is 0.280. The summed E-state index contributed by atoms with van der Waals surface area (Å²) in [5.74, 6) is 0. The van der Waals surface area contributed by atoms with E-state index in [-0.39, 0.29) is 0 Å². The highest BCUT2D eigenvalue weighted by Gasteiger charge is 2.30. The van der Waals surface area contributed by atoms with Gasteiger partial charge in [0.15, 0.2) is 5.13 Å². The van der Waals surface area contributed by atoms with Crippen molar-refractivity contribution in [1.82, 2.24) is 19.7 Å². The highest BCUT2D eigenvalue weighted by atomic mass is 79.9. The maximum atomic E-state index is 11.8. The average molecular weight is 539 g/mol. The molecule has 172 valence electrons. The number of rotatable bonds is 5. The van der Waals surface area contributed by atoms with Crippen molar-refractivity contribution < 1.29 is 14.4 Å². The highest BCUT2D eigenvalue weighted by molar-refractivity contribution is 9.10. The van der Waals surface area contributed by atoms with Crippen molar-refractivity contribution >= 4 is 44.7 Å². The number of ether oxygens (including phenoxy) is 1. The number of carbonyl (C=O) groups is 1. The number of benzene rings is 1. The fourth-order valence-electron chi connectivity index (χ4n) is 3.86. The fraction of sp³-hybridized carbons (Fsp3) is 0.174. The number of thiazole rings is 1. The van der Waals surface area contributed by atoms with E-state index in [1.54, 1.807) is 12.4 Å². The van der Waals surface area contributed by atoms with Gasteiger partial charge in [0.25, 0.3) is 0 Å². The summed E-state index contributed by atoms with van der Waals surface area (Å²) in [6, 6.07) is 9.79. The zero-order chi connectivity index (χ0) is 23.7. The van der Waals surface area contributed by atoms with E-state index in [2.05, 4.69) is 36.4 Å². The van der Waals surface area contributed by atoms with Gasteiger partial charge in [-0.2, -0.15) is 5.10 Å². The van der Waals surface area contributed by atoms with Gasteiger partial charge in [-0.1, -0.05) is 22.6 Å². The van der Waals surface area contributed by atoms with E-state index in [1.807, 2.05) is 41.2 Å². The Morgan fingerprint density at radius 1 is 1.29 bits per heavy atom. The Bertz CT molecular complexity index is 1400. The molecule has 0 radical (unpaired) electrons. The molecule has 34 heavy (non-hydrogen) atoms. The van der Waals surface area contributed by atoms with E-state index in [4.69, 9.17) is 14.7 Å². The van der Waals surface area contributed by atoms with Crippen LogP contribution >= 0.6 is 27.3 Å². The molecular weight excluding hydrogens is 520 g/mol. The molecule has 1 aliphatic rings. The number of hydrogen-bond donors (Lipinski definition) is 1. The van der Waals surface area contributed by atoms with Crippen LogP contribution in [0.3, 0.4) is 0 Å². The van der Waals surface area contributed by atoms with Crippen molar-refractivity contribution in [2.75, 3.05) is 19.5 Å². The van der Waals surface area contributed by atoms with E-state index >= 15 is 0 Å². The average Bonchev–Trinajstić information content (AvgIpc) is 3.44. The summed E-state index contributed by atoms with van der Waals surface area (Å²) in [7, 11) is 2.83. The van der Waals surface area contributed by atoms with Crippen molar-refractivity contribution in [3.05, 3.63) is 64.0 Å². The molecule has 1 aromatic carbocycles.